The second-order valence-corrected chi connectivity index (χ2v) is 8.20. The number of benzene rings is 2. The molecule has 1 saturated heterocycles. The van der Waals surface area contributed by atoms with E-state index in [0.29, 0.717) is 53.3 Å². The summed E-state index contributed by atoms with van der Waals surface area (Å²) in [5.41, 5.74) is 11.3. The summed E-state index contributed by atoms with van der Waals surface area (Å²) in [5.74, 6) is -0.483. The molecule has 2 aromatic carbocycles. The molecule has 11 heteroatoms. The number of morpholine rings is 1. The monoisotopic (exact) mass is 488 g/mol. The fourth-order valence-corrected chi connectivity index (χ4v) is 3.93. The van der Waals surface area contributed by atoms with Crippen molar-refractivity contribution >= 4 is 34.9 Å². The maximum absolute atomic E-state index is 13.3. The molecular weight excluding hydrogens is 467 g/mol. The van der Waals surface area contributed by atoms with Gasteiger partial charge in [0.05, 0.1) is 29.6 Å². The molecule has 0 atom stereocenters. The van der Waals surface area contributed by atoms with Gasteiger partial charge in [0.15, 0.2) is 5.69 Å². The first-order chi connectivity index (χ1) is 16.0. The minimum absolute atomic E-state index is 0.00915. The van der Waals surface area contributed by atoms with Crippen LogP contribution in [-0.2, 0) is 11.2 Å². The van der Waals surface area contributed by atoms with Crippen LogP contribution in [0.4, 0.5) is 0 Å². The van der Waals surface area contributed by atoms with Crippen molar-refractivity contribution in [3.05, 3.63) is 69.8 Å². The van der Waals surface area contributed by atoms with Crippen LogP contribution in [-0.4, -0.2) is 58.0 Å². The molecule has 1 amide bonds. The summed E-state index contributed by atoms with van der Waals surface area (Å²) >= 11 is 12.6. The first-order valence-electron chi connectivity index (χ1n) is 10.2. The van der Waals surface area contributed by atoms with Crippen molar-refractivity contribution in [2.24, 2.45) is 10.9 Å². The van der Waals surface area contributed by atoms with Crippen molar-refractivity contribution in [1.82, 2.24) is 20.2 Å². The molecule has 1 fully saturated rings. The normalized spacial score (nSPS) is 14.9. The third kappa shape index (κ3) is 5.12. The number of nitrogens with two attached hydrogens (primary N) is 1. The number of nitrogens with zero attached hydrogens (tertiary/aromatic N) is 4. The summed E-state index contributed by atoms with van der Waals surface area (Å²) in [5, 5.41) is 19.7. The van der Waals surface area contributed by atoms with E-state index in [1.807, 2.05) is 18.2 Å². The van der Waals surface area contributed by atoms with Gasteiger partial charge in [0.1, 0.15) is 5.84 Å². The SMILES string of the molecule is NC(Cc1c(C(=O)NN2CCOCC2)nn(-c2ccccc2Cl)c1-c1ccc(Cl)cc1)=NO. The van der Waals surface area contributed by atoms with E-state index in [1.165, 1.54) is 0 Å². The molecule has 0 unspecified atom stereocenters. The number of oxime groups is 1. The number of nitrogens with one attached hydrogen (secondary N) is 1. The molecule has 172 valence electrons. The fourth-order valence-electron chi connectivity index (χ4n) is 3.59. The molecule has 4 N–H and O–H groups in total. The maximum atomic E-state index is 13.3. The van der Waals surface area contributed by atoms with Gasteiger partial charge in [0.2, 0.25) is 0 Å². The summed E-state index contributed by atoms with van der Waals surface area (Å²) in [6, 6.07) is 14.3. The highest BCUT2D eigenvalue weighted by molar-refractivity contribution is 6.32. The largest absolute Gasteiger partial charge is 0.409 e. The Balaban J connectivity index is 1.89. The molecule has 2 heterocycles. The topological polar surface area (TPSA) is 118 Å². The molecule has 0 radical (unpaired) electrons. The summed E-state index contributed by atoms with van der Waals surface area (Å²) in [7, 11) is 0. The number of para-hydroxylation sites is 1. The molecule has 0 spiro atoms. The molecule has 0 aliphatic carbocycles. The van der Waals surface area contributed by atoms with Crippen LogP contribution in [0.1, 0.15) is 16.1 Å². The lowest BCUT2D eigenvalue weighted by Gasteiger charge is -2.26. The van der Waals surface area contributed by atoms with Crippen LogP contribution in [0.5, 0.6) is 0 Å². The Morgan fingerprint density at radius 1 is 1.15 bits per heavy atom. The average Bonchev–Trinajstić information content (AvgIpc) is 3.19. The highest BCUT2D eigenvalue weighted by Gasteiger charge is 2.27. The quantitative estimate of drug-likeness (QED) is 0.212. The van der Waals surface area contributed by atoms with E-state index in [-0.39, 0.29) is 18.0 Å². The molecule has 9 nitrogen and oxygen atoms in total. The second-order valence-electron chi connectivity index (χ2n) is 7.35. The Labute approximate surface area is 200 Å². The van der Waals surface area contributed by atoms with E-state index in [2.05, 4.69) is 15.7 Å². The van der Waals surface area contributed by atoms with Crippen LogP contribution in [0.15, 0.2) is 53.7 Å². The summed E-state index contributed by atoms with van der Waals surface area (Å²) in [4.78, 5) is 13.3. The van der Waals surface area contributed by atoms with Crippen molar-refractivity contribution in [3.8, 4) is 16.9 Å². The molecule has 1 aromatic heterocycles. The number of rotatable bonds is 6. The van der Waals surface area contributed by atoms with Gasteiger partial charge in [-0.25, -0.2) is 9.69 Å². The number of amides is 1. The summed E-state index contributed by atoms with van der Waals surface area (Å²) < 4.78 is 6.94. The van der Waals surface area contributed by atoms with Gasteiger partial charge in [-0.3, -0.25) is 10.2 Å². The minimum atomic E-state index is -0.418. The Morgan fingerprint density at radius 3 is 2.52 bits per heavy atom. The minimum Gasteiger partial charge on any atom is -0.409 e. The lowest BCUT2D eigenvalue weighted by atomic mass is 10.0. The molecule has 1 aliphatic rings. The van der Waals surface area contributed by atoms with Gasteiger partial charge < -0.3 is 15.7 Å². The van der Waals surface area contributed by atoms with E-state index in [1.54, 1.807) is 40.0 Å². The fraction of sp³-hybridized carbons (Fsp3) is 0.227. The third-order valence-electron chi connectivity index (χ3n) is 5.15. The van der Waals surface area contributed by atoms with E-state index in [4.69, 9.17) is 33.7 Å². The smallest absolute Gasteiger partial charge is 0.286 e. The van der Waals surface area contributed by atoms with Gasteiger partial charge in [-0.15, -0.1) is 0 Å². The zero-order chi connectivity index (χ0) is 23.4. The first kappa shape index (κ1) is 23.1. The van der Waals surface area contributed by atoms with Gasteiger partial charge in [0, 0.05) is 35.7 Å². The second kappa shape index (κ2) is 10.2. The molecule has 1 aliphatic heterocycles. The number of halogens is 2. The molecule has 33 heavy (non-hydrogen) atoms. The molecule has 0 saturated carbocycles. The molecular formula is C22H22Cl2N6O3. The van der Waals surface area contributed by atoms with Crippen molar-refractivity contribution in [3.63, 3.8) is 0 Å². The van der Waals surface area contributed by atoms with E-state index < -0.39 is 5.91 Å². The van der Waals surface area contributed by atoms with Gasteiger partial charge in [-0.2, -0.15) is 5.10 Å². The first-order valence-corrected chi connectivity index (χ1v) is 11.0. The van der Waals surface area contributed by atoms with E-state index >= 15 is 0 Å². The number of carbonyl (C=O) groups excluding carboxylic acids is 1. The number of amidine groups is 1. The zero-order valence-corrected chi connectivity index (χ0v) is 19.1. The highest BCUT2D eigenvalue weighted by atomic mass is 35.5. The maximum Gasteiger partial charge on any atom is 0.286 e. The molecule has 0 bridgehead atoms. The van der Waals surface area contributed by atoms with Crippen molar-refractivity contribution in [2.75, 3.05) is 26.3 Å². The lowest BCUT2D eigenvalue weighted by Crippen LogP contribution is -2.48. The van der Waals surface area contributed by atoms with E-state index in [9.17, 15) is 10.0 Å². The third-order valence-corrected chi connectivity index (χ3v) is 5.73. The van der Waals surface area contributed by atoms with Crippen LogP contribution in [0.25, 0.3) is 16.9 Å². The number of carbonyl (C=O) groups is 1. The summed E-state index contributed by atoms with van der Waals surface area (Å²) in [6.45, 7) is 2.13. The lowest BCUT2D eigenvalue weighted by molar-refractivity contribution is 0.0124. The van der Waals surface area contributed by atoms with E-state index in [0.717, 1.165) is 5.56 Å². The number of hydrogen-bond acceptors (Lipinski definition) is 6. The van der Waals surface area contributed by atoms with Crippen molar-refractivity contribution in [2.45, 2.75) is 6.42 Å². The Kier molecular flexibility index (Phi) is 7.14. The number of aromatic nitrogens is 2. The van der Waals surface area contributed by atoms with Crippen LogP contribution >= 0.6 is 23.2 Å². The van der Waals surface area contributed by atoms with Gasteiger partial charge >= 0.3 is 0 Å². The van der Waals surface area contributed by atoms with Gasteiger partial charge in [0.25, 0.3) is 5.91 Å². The van der Waals surface area contributed by atoms with Crippen molar-refractivity contribution in [1.29, 1.82) is 0 Å². The Bertz CT molecular complexity index is 1170. The predicted octanol–water partition coefficient (Wildman–Crippen LogP) is 3.11. The van der Waals surface area contributed by atoms with Crippen LogP contribution in [0, 0.1) is 0 Å². The number of ether oxygens (including phenoxy) is 1. The standard InChI is InChI=1S/C22H22Cl2N6O3/c23-15-7-5-14(6-8-15)21-16(13-19(25)28-32)20(22(31)27-29-9-11-33-12-10-29)26-30(21)18-4-2-1-3-17(18)24/h1-8,32H,9-13H2,(H2,25,28)(H,27,31). The van der Waals surface area contributed by atoms with Crippen LogP contribution in [0.2, 0.25) is 10.0 Å². The molecule has 4 rings (SSSR count). The van der Waals surface area contributed by atoms with Crippen LogP contribution in [0.3, 0.4) is 0 Å². The Hall–Kier alpha value is -3.11. The summed E-state index contributed by atoms with van der Waals surface area (Å²) in [6.07, 6.45) is -0.00915. The number of hydrogen-bond donors (Lipinski definition) is 3. The van der Waals surface area contributed by atoms with Gasteiger partial charge in [-0.05, 0) is 24.3 Å². The van der Waals surface area contributed by atoms with Gasteiger partial charge in [-0.1, -0.05) is 52.6 Å². The predicted molar refractivity (Wildman–Crippen MR) is 126 cm³/mol. The molecule has 3 aromatic rings. The van der Waals surface area contributed by atoms with Crippen molar-refractivity contribution < 1.29 is 14.7 Å². The zero-order valence-electron chi connectivity index (χ0n) is 17.5. The highest BCUT2D eigenvalue weighted by Crippen LogP contribution is 2.33. The Morgan fingerprint density at radius 2 is 1.85 bits per heavy atom. The average molecular weight is 489 g/mol. The van der Waals surface area contributed by atoms with Crippen LogP contribution < -0.4 is 11.2 Å². The number of hydrazine groups is 1.